The summed E-state index contributed by atoms with van der Waals surface area (Å²) in [4.78, 5) is 0. The van der Waals surface area contributed by atoms with Crippen LogP contribution in [0.5, 0.6) is 0 Å². The van der Waals surface area contributed by atoms with Gasteiger partial charge in [-0.2, -0.15) is 13.2 Å². The van der Waals surface area contributed by atoms with Crippen LogP contribution in [0.4, 0.5) is 13.2 Å². The van der Waals surface area contributed by atoms with Crippen LogP contribution in [0.1, 0.15) is 0 Å². The summed E-state index contributed by atoms with van der Waals surface area (Å²) in [6.45, 7) is -0.427. The molecule has 0 unspecified atom stereocenters. The molecule has 2 aromatic rings. The maximum atomic E-state index is 11.9. The van der Waals surface area contributed by atoms with E-state index in [1.165, 1.54) is 0 Å². The smallest absolute Gasteiger partial charge is 0.307 e. The molecular formula is C10H11F3N4. The number of benzene rings is 1. The van der Waals surface area contributed by atoms with Crippen molar-refractivity contribution in [2.24, 2.45) is 0 Å². The lowest BCUT2D eigenvalue weighted by atomic mass is 10.3. The zero-order valence-corrected chi connectivity index (χ0v) is 8.91. The molecule has 0 saturated heterocycles. The van der Waals surface area contributed by atoms with Crippen molar-refractivity contribution < 1.29 is 13.2 Å². The third-order valence-electron chi connectivity index (χ3n) is 2.25. The van der Waals surface area contributed by atoms with Crippen molar-refractivity contribution in [1.82, 2.24) is 20.3 Å². The quantitative estimate of drug-likeness (QED) is 0.830. The van der Waals surface area contributed by atoms with Crippen LogP contribution < -0.4 is 5.32 Å². The number of aromatic nitrogens is 3. The first-order valence-electron chi connectivity index (χ1n) is 5.12. The van der Waals surface area contributed by atoms with Crippen molar-refractivity contribution in [3.8, 4) is 0 Å². The fourth-order valence-electron chi connectivity index (χ4n) is 1.50. The molecule has 7 heteroatoms. The minimum atomic E-state index is -4.18. The van der Waals surface area contributed by atoms with Crippen LogP contribution in [0.15, 0.2) is 24.3 Å². The van der Waals surface area contributed by atoms with Crippen molar-refractivity contribution in [2.45, 2.75) is 12.7 Å². The molecule has 0 saturated carbocycles. The first-order chi connectivity index (χ1) is 8.06. The van der Waals surface area contributed by atoms with Crippen molar-refractivity contribution in [2.75, 3.05) is 13.1 Å². The summed E-state index contributed by atoms with van der Waals surface area (Å²) < 4.78 is 37.2. The molecule has 1 aromatic carbocycles. The largest absolute Gasteiger partial charge is 0.401 e. The predicted molar refractivity (Wildman–Crippen MR) is 56.5 cm³/mol. The van der Waals surface area contributed by atoms with Gasteiger partial charge < -0.3 is 5.32 Å². The molecule has 0 amide bonds. The van der Waals surface area contributed by atoms with Gasteiger partial charge in [-0.25, -0.2) is 4.68 Å². The van der Waals surface area contributed by atoms with Crippen molar-refractivity contribution in [3.05, 3.63) is 24.3 Å². The number of hydrogen-bond acceptors (Lipinski definition) is 3. The molecule has 1 N–H and O–H groups in total. The van der Waals surface area contributed by atoms with E-state index in [9.17, 15) is 13.2 Å². The monoisotopic (exact) mass is 244 g/mol. The summed E-state index contributed by atoms with van der Waals surface area (Å²) >= 11 is 0. The zero-order chi connectivity index (χ0) is 12.3. The summed E-state index contributed by atoms with van der Waals surface area (Å²) in [6, 6.07) is 7.32. The highest BCUT2D eigenvalue weighted by Gasteiger charge is 2.25. The fourth-order valence-corrected chi connectivity index (χ4v) is 1.50. The Hall–Kier alpha value is -1.63. The van der Waals surface area contributed by atoms with Crippen LogP contribution in [-0.4, -0.2) is 34.3 Å². The maximum absolute atomic E-state index is 11.9. The highest BCUT2D eigenvalue weighted by Crippen LogP contribution is 2.12. The lowest BCUT2D eigenvalue weighted by Gasteiger charge is -2.08. The third kappa shape index (κ3) is 3.16. The molecule has 0 spiro atoms. The topological polar surface area (TPSA) is 42.7 Å². The molecule has 0 aliphatic rings. The number of halogens is 3. The Morgan fingerprint density at radius 2 is 2.00 bits per heavy atom. The van der Waals surface area contributed by atoms with Crippen molar-refractivity contribution in [3.63, 3.8) is 0 Å². The minimum absolute atomic E-state index is 0.201. The number of para-hydroxylation sites is 1. The van der Waals surface area contributed by atoms with E-state index < -0.39 is 12.7 Å². The first kappa shape index (κ1) is 11.8. The van der Waals surface area contributed by atoms with Gasteiger partial charge in [0.2, 0.25) is 0 Å². The molecule has 0 bridgehead atoms. The highest BCUT2D eigenvalue weighted by atomic mass is 19.4. The predicted octanol–water partition coefficient (Wildman–Crippen LogP) is 1.58. The van der Waals surface area contributed by atoms with Crippen LogP contribution >= 0.6 is 0 Å². The maximum Gasteiger partial charge on any atom is 0.401 e. The van der Waals surface area contributed by atoms with Gasteiger partial charge in [-0.3, -0.25) is 0 Å². The Balaban J connectivity index is 1.91. The Labute approximate surface area is 95.4 Å². The van der Waals surface area contributed by atoms with Crippen LogP contribution in [0.3, 0.4) is 0 Å². The Morgan fingerprint density at radius 1 is 1.24 bits per heavy atom. The van der Waals surface area contributed by atoms with Crippen LogP contribution in [-0.2, 0) is 6.54 Å². The molecule has 92 valence electrons. The fraction of sp³-hybridized carbons (Fsp3) is 0.400. The van der Waals surface area contributed by atoms with Gasteiger partial charge in [0.15, 0.2) is 0 Å². The van der Waals surface area contributed by atoms with Crippen molar-refractivity contribution >= 4 is 11.0 Å². The second kappa shape index (κ2) is 4.70. The average Bonchev–Trinajstić information content (AvgIpc) is 2.67. The number of fused-ring (bicyclic) bond motifs is 1. The van der Waals surface area contributed by atoms with Gasteiger partial charge in [0.1, 0.15) is 5.52 Å². The molecule has 0 aliphatic carbocycles. The zero-order valence-electron chi connectivity index (χ0n) is 8.91. The van der Waals surface area contributed by atoms with Gasteiger partial charge in [-0.05, 0) is 12.1 Å². The molecule has 0 radical (unpaired) electrons. The van der Waals surface area contributed by atoms with Gasteiger partial charge in [0.05, 0.1) is 18.6 Å². The van der Waals surface area contributed by atoms with E-state index >= 15 is 0 Å². The average molecular weight is 244 g/mol. The van der Waals surface area contributed by atoms with E-state index in [4.69, 9.17) is 0 Å². The number of hydrogen-bond donors (Lipinski definition) is 1. The lowest BCUT2D eigenvalue weighted by Crippen LogP contribution is -2.31. The second-order valence-corrected chi connectivity index (χ2v) is 3.59. The molecule has 0 atom stereocenters. The molecular weight excluding hydrogens is 233 g/mol. The summed E-state index contributed by atoms with van der Waals surface area (Å²) in [5.41, 5.74) is 1.56. The lowest BCUT2D eigenvalue weighted by molar-refractivity contribution is -0.124. The van der Waals surface area contributed by atoms with E-state index in [2.05, 4.69) is 15.6 Å². The van der Waals surface area contributed by atoms with E-state index in [-0.39, 0.29) is 6.54 Å². The van der Waals surface area contributed by atoms with Crippen LogP contribution in [0.2, 0.25) is 0 Å². The summed E-state index contributed by atoms with van der Waals surface area (Å²) in [6.07, 6.45) is -4.18. The Bertz CT molecular complexity index is 492. The SMILES string of the molecule is FC(F)(F)CNCCn1nnc2ccccc21. The second-order valence-electron chi connectivity index (χ2n) is 3.59. The number of rotatable bonds is 4. The molecule has 4 nitrogen and oxygen atoms in total. The number of alkyl halides is 3. The van der Waals surface area contributed by atoms with Gasteiger partial charge in [-0.15, -0.1) is 5.10 Å². The van der Waals surface area contributed by atoms with Gasteiger partial charge in [-0.1, -0.05) is 17.3 Å². The standard InChI is InChI=1S/C10H11F3N4/c11-10(12,13)7-14-5-6-17-9-4-2-1-3-8(9)15-16-17/h1-4,14H,5-7H2. The highest BCUT2D eigenvalue weighted by molar-refractivity contribution is 5.73. The summed E-state index contributed by atoms with van der Waals surface area (Å²) in [7, 11) is 0. The number of nitrogens with one attached hydrogen (secondary N) is 1. The van der Waals surface area contributed by atoms with Crippen LogP contribution in [0, 0.1) is 0 Å². The summed E-state index contributed by atoms with van der Waals surface area (Å²) in [5, 5.41) is 10.1. The van der Waals surface area contributed by atoms with E-state index in [1.54, 1.807) is 4.68 Å². The first-order valence-corrected chi connectivity index (χ1v) is 5.12. The molecule has 0 fully saturated rings. The Morgan fingerprint density at radius 3 is 2.76 bits per heavy atom. The number of nitrogens with zero attached hydrogens (tertiary/aromatic N) is 3. The molecule has 1 aromatic heterocycles. The molecule has 1 heterocycles. The molecule has 17 heavy (non-hydrogen) atoms. The van der Waals surface area contributed by atoms with Crippen molar-refractivity contribution in [1.29, 1.82) is 0 Å². The molecule has 2 rings (SSSR count). The van der Waals surface area contributed by atoms with E-state index in [0.29, 0.717) is 6.54 Å². The van der Waals surface area contributed by atoms with Gasteiger partial charge >= 0.3 is 6.18 Å². The van der Waals surface area contributed by atoms with E-state index in [1.807, 2.05) is 24.3 Å². The van der Waals surface area contributed by atoms with Gasteiger partial charge in [0.25, 0.3) is 0 Å². The summed E-state index contributed by atoms with van der Waals surface area (Å²) in [5.74, 6) is 0. The Kier molecular flexibility index (Phi) is 3.28. The normalized spacial score (nSPS) is 12.2. The minimum Gasteiger partial charge on any atom is -0.307 e. The van der Waals surface area contributed by atoms with Gasteiger partial charge in [0, 0.05) is 6.54 Å². The van der Waals surface area contributed by atoms with E-state index in [0.717, 1.165) is 11.0 Å². The third-order valence-corrected chi connectivity index (χ3v) is 2.25. The van der Waals surface area contributed by atoms with Crippen LogP contribution in [0.25, 0.3) is 11.0 Å². The molecule has 0 aliphatic heterocycles.